The third-order valence-corrected chi connectivity index (χ3v) is 12.1. The number of aromatic nitrogens is 6. The molecule has 6 heterocycles. The quantitative estimate of drug-likeness (QED) is 0.104. The normalized spacial score (nSPS) is 15.6. The number of hydrogen-bond donors (Lipinski definition) is 2. The van der Waals surface area contributed by atoms with Crippen molar-refractivity contribution in [3.63, 3.8) is 0 Å². The molecule has 0 amide bonds. The summed E-state index contributed by atoms with van der Waals surface area (Å²) in [5.41, 5.74) is 5.48. The van der Waals surface area contributed by atoms with Crippen molar-refractivity contribution in [2.24, 2.45) is 9.98 Å². The molecule has 0 radical (unpaired) electrons. The first-order valence-corrected chi connectivity index (χ1v) is 24.2. The highest BCUT2D eigenvalue weighted by molar-refractivity contribution is 6.17. The van der Waals surface area contributed by atoms with Crippen LogP contribution in [0, 0.1) is 0 Å². The molecule has 76 heavy (non-hydrogen) atoms. The summed E-state index contributed by atoms with van der Waals surface area (Å²) in [7, 11) is 0. The molecule has 0 bridgehead atoms. The number of hydrogen-bond acceptors (Lipinski definition) is 14. The third-order valence-electron chi connectivity index (χ3n) is 12.1. The highest BCUT2D eigenvalue weighted by Gasteiger charge is 2.34. The highest BCUT2D eigenvalue weighted by atomic mass is 19.4. The molecule has 10 rings (SSSR count). The number of nitrogens with one attached hydrogen (secondary N) is 2. The Morgan fingerprint density at radius 1 is 0.592 bits per heavy atom. The van der Waals surface area contributed by atoms with Gasteiger partial charge in [-0.25, -0.2) is 4.98 Å². The van der Waals surface area contributed by atoms with E-state index in [9.17, 15) is 35.9 Å². The molecular weight excluding hydrogens is 991 g/mol. The maximum atomic E-state index is 13.3. The van der Waals surface area contributed by atoms with Gasteiger partial charge in [-0.1, -0.05) is 152 Å². The van der Waals surface area contributed by atoms with Crippen LogP contribution >= 0.6 is 0 Å². The van der Waals surface area contributed by atoms with Crippen LogP contribution in [0.2, 0.25) is 0 Å². The van der Waals surface area contributed by atoms with E-state index in [-0.39, 0.29) is 65.2 Å². The number of anilines is 2. The third kappa shape index (κ3) is 12.0. The van der Waals surface area contributed by atoms with Crippen molar-refractivity contribution in [2.75, 3.05) is 10.6 Å². The Labute approximate surface area is 431 Å². The summed E-state index contributed by atoms with van der Waals surface area (Å²) in [6.07, 6.45) is -3.65. The molecule has 0 unspecified atom stereocenters. The lowest BCUT2D eigenvalue weighted by Crippen LogP contribution is -2.29. The molecule has 20 heteroatoms. The number of carbonyl (C=O) groups is 2. The van der Waals surface area contributed by atoms with Crippen LogP contribution in [0.3, 0.4) is 0 Å². The number of aryl methyl sites for hydroxylation is 1. The van der Waals surface area contributed by atoms with E-state index in [2.05, 4.69) is 41.0 Å². The minimum absolute atomic E-state index is 0.0380. The molecule has 4 aromatic heterocycles. The van der Waals surface area contributed by atoms with E-state index in [1.165, 1.54) is 6.08 Å². The van der Waals surface area contributed by atoms with Gasteiger partial charge in [-0.15, -0.1) is 10.2 Å². The number of Topliss-reactive ketones (excluding diaryl/α,β-unsaturated/α-hetero) is 2. The number of halogens is 6. The summed E-state index contributed by atoms with van der Waals surface area (Å²) in [4.78, 5) is 43.7. The van der Waals surface area contributed by atoms with Gasteiger partial charge in [0.1, 0.15) is 11.4 Å². The van der Waals surface area contributed by atoms with E-state index in [1.54, 1.807) is 6.08 Å². The Balaban J connectivity index is 0.000000186. The molecule has 0 saturated carbocycles. The number of rotatable bonds is 13. The average Bonchev–Trinajstić information content (AvgIpc) is 4.05. The van der Waals surface area contributed by atoms with Crippen LogP contribution in [-0.4, -0.2) is 65.7 Å². The first kappa shape index (κ1) is 51.9. The Bertz CT molecular complexity index is 3460. The lowest BCUT2D eigenvalue weighted by atomic mass is 9.96. The first-order valence-electron chi connectivity index (χ1n) is 24.2. The van der Waals surface area contributed by atoms with Crippen LogP contribution in [0.15, 0.2) is 159 Å². The van der Waals surface area contributed by atoms with Gasteiger partial charge < -0.3 is 19.5 Å². The maximum absolute atomic E-state index is 13.3. The van der Waals surface area contributed by atoms with E-state index in [0.29, 0.717) is 36.2 Å². The number of aliphatic imine (C=N–C) groups is 2. The highest BCUT2D eigenvalue weighted by Crippen LogP contribution is 2.35. The Hall–Kier alpha value is -8.94. The summed E-state index contributed by atoms with van der Waals surface area (Å²) < 4.78 is 90.9. The standard InChI is InChI=1S/C28H24F3N5O2.C28H22F3N5O2/c2*1-2-3-9-19-14-20(28(29,30)31)16-32-24(19)26-35-36-27(38-26)34-25-22(37)15-18-12-7-8-13-21(18)23(33-25)17-10-5-4-6-11-17/h4-8,10-14,16,25H,2-3,9,15H2,1H3,(H,34,36);3-14,16,25H,2,15H2,1H3,(H,34,36)/b;9-3+/t2*25-/m11/s1. The number of nitrogens with zero attached hydrogens (tertiary/aromatic N) is 8. The lowest BCUT2D eigenvalue weighted by molar-refractivity contribution is -0.138. The van der Waals surface area contributed by atoms with Crippen LogP contribution < -0.4 is 10.6 Å². The van der Waals surface area contributed by atoms with Crippen LogP contribution in [0.5, 0.6) is 0 Å². The largest absolute Gasteiger partial charge is 0.417 e. The van der Waals surface area contributed by atoms with Crippen molar-refractivity contribution in [1.29, 1.82) is 0 Å². The molecule has 2 N–H and O–H groups in total. The van der Waals surface area contributed by atoms with Gasteiger partial charge in [-0.2, -0.15) is 26.3 Å². The maximum Gasteiger partial charge on any atom is 0.417 e. The zero-order valence-electron chi connectivity index (χ0n) is 40.7. The average molecular weight is 1040 g/mol. The van der Waals surface area contributed by atoms with Gasteiger partial charge in [-0.05, 0) is 48.1 Å². The summed E-state index contributed by atoms with van der Waals surface area (Å²) in [5, 5.41) is 21.7. The molecule has 4 aromatic carbocycles. The minimum atomic E-state index is -4.55. The predicted molar refractivity (Wildman–Crippen MR) is 272 cm³/mol. The predicted octanol–water partition coefficient (Wildman–Crippen LogP) is 11.9. The number of fused-ring (bicyclic) bond motifs is 2. The molecule has 8 aromatic rings. The number of pyridine rings is 2. The van der Waals surface area contributed by atoms with Crippen molar-refractivity contribution in [3.05, 3.63) is 195 Å². The molecule has 0 aliphatic carbocycles. The second-order valence-electron chi connectivity index (χ2n) is 17.5. The Kier molecular flexibility index (Phi) is 15.5. The van der Waals surface area contributed by atoms with Gasteiger partial charge in [0, 0.05) is 53.1 Å². The first-order chi connectivity index (χ1) is 36.7. The van der Waals surface area contributed by atoms with Crippen molar-refractivity contribution in [2.45, 2.75) is 77.1 Å². The van der Waals surface area contributed by atoms with E-state index < -0.39 is 35.8 Å². The van der Waals surface area contributed by atoms with Crippen LogP contribution in [-0.2, 0) is 41.2 Å². The summed E-state index contributed by atoms with van der Waals surface area (Å²) >= 11 is 0. The fourth-order valence-electron chi connectivity index (χ4n) is 8.39. The molecular formula is C56H46F6N10O4. The monoisotopic (exact) mass is 1040 g/mol. The minimum Gasteiger partial charge on any atom is -0.402 e. The van der Waals surface area contributed by atoms with E-state index in [0.717, 1.165) is 64.3 Å². The smallest absolute Gasteiger partial charge is 0.402 e. The summed E-state index contributed by atoms with van der Waals surface area (Å²) in [6, 6.07) is 36.1. The molecule has 2 aliphatic rings. The van der Waals surface area contributed by atoms with Crippen LogP contribution in [0.4, 0.5) is 38.4 Å². The number of carbonyl (C=O) groups excluding carboxylic acids is 2. The molecule has 386 valence electrons. The van der Waals surface area contributed by atoms with Crippen LogP contribution in [0.25, 0.3) is 29.2 Å². The van der Waals surface area contributed by atoms with Crippen molar-refractivity contribution in [3.8, 4) is 23.2 Å². The van der Waals surface area contributed by atoms with E-state index in [4.69, 9.17) is 18.8 Å². The Morgan fingerprint density at radius 2 is 1.05 bits per heavy atom. The second kappa shape index (κ2) is 22.7. The lowest BCUT2D eigenvalue weighted by Gasteiger charge is -2.12. The van der Waals surface area contributed by atoms with E-state index in [1.807, 2.05) is 123 Å². The fourth-order valence-corrected chi connectivity index (χ4v) is 8.39. The molecule has 14 nitrogen and oxygen atoms in total. The number of allylic oxidation sites excluding steroid dienone is 1. The van der Waals surface area contributed by atoms with Gasteiger partial charge in [-0.3, -0.25) is 24.6 Å². The fraction of sp³-hybridized carbons (Fsp3) is 0.214. The molecule has 0 fully saturated rings. The molecule has 0 spiro atoms. The van der Waals surface area contributed by atoms with Crippen molar-refractivity contribution < 1.29 is 44.8 Å². The van der Waals surface area contributed by atoms with Gasteiger partial charge in [0.2, 0.25) is 0 Å². The van der Waals surface area contributed by atoms with Crippen molar-refractivity contribution in [1.82, 2.24) is 30.4 Å². The SMILES string of the molecule is CC/C=C/c1cc(C(F)(F)F)cnc1-c1nnc(N[C@H]2N=C(c3ccccc3)c3ccccc3CC2=O)o1.CCCCc1cc(C(F)(F)F)cnc1-c1nnc(N[C@H]2N=C(c3ccccc3)c3ccccc3CC2=O)o1. The van der Waals surface area contributed by atoms with Gasteiger partial charge in [0.15, 0.2) is 23.9 Å². The molecule has 2 atom stereocenters. The van der Waals surface area contributed by atoms with Crippen LogP contribution in [0.1, 0.15) is 88.7 Å². The summed E-state index contributed by atoms with van der Waals surface area (Å²) in [6.45, 7) is 3.81. The zero-order valence-corrected chi connectivity index (χ0v) is 40.7. The van der Waals surface area contributed by atoms with Crippen molar-refractivity contribution >= 4 is 41.1 Å². The summed E-state index contributed by atoms with van der Waals surface area (Å²) in [5.74, 6) is -0.528. The van der Waals surface area contributed by atoms with Gasteiger partial charge >= 0.3 is 24.4 Å². The molecule has 2 aliphatic heterocycles. The van der Waals surface area contributed by atoms with Gasteiger partial charge in [0.25, 0.3) is 11.8 Å². The number of benzene rings is 4. The van der Waals surface area contributed by atoms with Gasteiger partial charge in [0.05, 0.1) is 22.6 Å². The number of ketones is 2. The number of unbranched alkanes of at least 4 members (excludes halogenated alkanes) is 1. The van der Waals surface area contributed by atoms with E-state index >= 15 is 0 Å². The molecule has 0 saturated heterocycles. The topological polar surface area (TPSA) is 187 Å². The zero-order chi connectivity index (χ0) is 53.4. The second-order valence-corrected chi connectivity index (χ2v) is 17.5. The Morgan fingerprint density at radius 3 is 1.54 bits per heavy atom. The number of alkyl halides is 6.